The molecule has 4 heteroatoms. The second-order valence-corrected chi connectivity index (χ2v) is 5.03. The predicted octanol–water partition coefficient (Wildman–Crippen LogP) is 2.17. The highest BCUT2D eigenvalue weighted by molar-refractivity contribution is 7.99. The lowest BCUT2D eigenvalue weighted by atomic mass is 10.3. The van der Waals surface area contributed by atoms with Gasteiger partial charge in [-0.15, -0.1) is 11.8 Å². The van der Waals surface area contributed by atoms with E-state index in [-0.39, 0.29) is 0 Å². The maximum absolute atomic E-state index is 5.43. The Morgan fingerprint density at radius 1 is 1.41 bits per heavy atom. The number of hydrogen-bond donors (Lipinski definition) is 1. The van der Waals surface area contributed by atoms with Crippen LogP contribution >= 0.6 is 11.8 Å². The average molecular weight is 253 g/mol. The van der Waals surface area contributed by atoms with E-state index in [4.69, 9.17) is 9.47 Å². The van der Waals surface area contributed by atoms with Gasteiger partial charge in [-0.1, -0.05) is 0 Å². The molecular weight excluding hydrogens is 234 g/mol. The standard InChI is InChI=1S/C13H19NO2S/c1-2-16-12-3-5-13(6-4-12)17-10-11-9-15-8-7-14-11/h3-6,11,14H,2,7-10H2,1H3. The number of rotatable bonds is 5. The van der Waals surface area contributed by atoms with Gasteiger partial charge in [0.1, 0.15) is 5.75 Å². The van der Waals surface area contributed by atoms with Crippen molar-refractivity contribution in [2.75, 3.05) is 32.1 Å². The van der Waals surface area contributed by atoms with Crippen molar-refractivity contribution in [3.8, 4) is 5.75 Å². The van der Waals surface area contributed by atoms with Crippen LogP contribution in [0.15, 0.2) is 29.2 Å². The highest BCUT2D eigenvalue weighted by atomic mass is 32.2. The summed E-state index contributed by atoms with van der Waals surface area (Å²) in [6.45, 7) is 5.34. The van der Waals surface area contributed by atoms with Gasteiger partial charge in [0.25, 0.3) is 0 Å². The van der Waals surface area contributed by atoms with Crippen molar-refractivity contribution < 1.29 is 9.47 Å². The molecule has 1 N–H and O–H groups in total. The van der Waals surface area contributed by atoms with E-state index < -0.39 is 0 Å². The summed E-state index contributed by atoms with van der Waals surface area (Å²) in [5.41, 5.74) is 0. The van der Waals surface area contributed by atoms with Gasteiger partial charge in [0.15, 0.2) is 0 Å². The lowest BCUT2D eigenvalue weighted by Crippen LogP contribution is -2.42. The summed E-state index contributed by atoms with van der Waals surface area (Å²) in [5.74, 6) is 1.99. The van der Waals surface area contributed by atoms with Crippen LogP contribution in [0.25, 0.3) is 0 Å². The number of nitrogens with one attached hydrogen (secondary N) is 1. The van der Waals surface area contributed by atoms with Gasteiger partial charge < -0.3 is 14.8 Å². The molecular formula is C13H19NO2S. The molecule has 1 aromatic rings. The van der Waals surface area contributed by atoms with Gasteiger partial charge in [-0.3, -0.25) is 0 Å². The quantitative estimate of drug-likeness (QED) is 0.815. The first-order valence-corrected chi connectivity index (χ1v) is 7.04. The maximum atomic E-state index is 5.43. The fourth-order valence-electron chi connectivity index (χ4n) is 1.72. The Bertz CT molecular complexity index is 323. The largest absolute Gasteiger partial charge is 0.494 e. The molecule has 1 saturated heterocycles. The van der Waals surface area contributed by atoms with E-state index in [1.807, 2.05) is 30.8 Å². The molecule has 1 unspecified atom stereocenters. The summed E-state index contributed by atoms with van der Waals surface area (Å²) in [6, 6.07) is 8.74. The molecule has 0 aliphatic carbocycles. The molecule has 0 bridgehead atoms. The molecule has 94 valence electrons. The van der Waals surface area contributed by atoms with E-state index in [0.717, 1.165) is 37.9 Å². The molecule has 1 heterocycles. The third-order valence-electron chi connectivity index (χ3n) is 2.58. The topological polar surface area (TPSA) is 30.5 Å². The minimum atomic E-state index is 0.473. The minimum absolute atomic E-state index is 0.473. The van der Waals surface area contributed by atoms with Crippen molar-refractivity contribution >= 4 is 11.8 Å². The summed E-state index contributed by atoms with van der Waals surface area (Å²) in [7, 11) is 0. The van der Waals surface area contributed by atoms with Gasteiger partial charge >= 0.3 is 0 Å². The van der Waals surface area contributed by atoms with E-state index in [0.29, 0.717) is 6.04 Å². The summed E-state index contributed by atoms with van der Waals surface area (Å²) < 4.78 is 10.8. The van der Waals surface area contributed by atoms with Crippen LogP contribution < -0.4 is 10.1 Å². The fraction of sp³-hybridized carbons (Fsp3) is 0.538. The number of thioether (sulfide) groups is 1. The van der Waals surface area contributed by atoms with Crippen molar-refractivity contribution in [1.29, 1.82) is 0 Å². The first-order valence-electron chi connectivity index (χ1n) is 6.05. The number of ether oxygens (including phenoxy) is 2. The Morgan fingerprint density at radius 2 is 2.24 bits per heavy atom. The predicted molar refractivity (Wildman–Crippen MR) is 70.9 cm³/mol. The summed E-state index contributed by atoms with van der Waals surface area (Å²) >= 11 is 1.86. The molecule has 1 fully saturated rings. The monoisotopic (exact) mass is 253 g/mol. The zero-order valence-electron chi connectivity index (χ0n) is 10.1. The highest BCUT2D eigenvalue weighted by Crippen LogP contribution is 2.22. The van der Waals surface area contributed by atoms with Crippen LogP contribution in [0.3, 0.4) is 0 Å². The zero-order valence-corrected chi connectivity index (χ0v) is 11.0. The van der Waals surface area contributed by atoms with Crippen molar-refractivity contribution in [2.45, 2.75) is 17.9 Å². The lowest BCUT2D eigenvalue weighted by Gasteiger charge is -2.23. The molecule has 0 aromatic heterocycles. The molecule has 17 heavy (non-hydrogen) atoms. The third-order valence-corrected chi connectivity index (χ3v) is 3.76. The fourth-order valence-corrected chi connectivity index (χ4v) is 2.66. The van der Waals surface area contributed by atoms with Crippen LogP contribution in [0.1, 0.15) is 6.92 Å². The van der Waals surface area contributed by atoms with Crippen molar-refractivity contribution in [3.05, 3.63) is 24.3 Å². The van der Waals surface area contributed by atoms with Crippen molar-refractivity contribution in [3.63, 3.8) is 0 Å². The first kappa shape index (κ1) is 12.7. The van der Waals surface area contributed by atoms with Crippen molar-refractivity contribution in [2.24, 2.45) is 0 Å². The molecule has 1 aromatic carbocycles. The van der Waals surface area contributed by atoms with E-state index in [1.54, 1.807) is 0 Å². The Labute approximate surface area is 107 Å². The van der Waals surface area contributed by atoms with E-state index in [2.05, 4.69) is 17.4 Å². The Hall–Kier alpha value is -0.710. The Morgan fingerprint density at radius 3 is 2.88 bits per heavy atom. The molecule has 0 saturated carbocycles. The normalized spacial score (nSPS) is 20.2. The van der Waals surface area contributed by atoms with Gasteiger partial charge in [-0.05, 0) is 31.2 Å². The van der Waals surface area contributed by atoms with Gasteiger partial charge in [0.05, 0.1) is 19.8 Å². The lowest BCUT2D eigenvalue weighted by molar-refractivity contribution is 0.0837. The smallest absolute Gasteiger partial charge is 0.119 e. The van der Waals surface area contributed by atoms with Gasteiger partial charge in [0, 0.05) is 23.2 Å². The van der Waals surface area contributed by atoms with Crippen LogP contribution in [0, 0.1) is 0 Å². The number of hydrogen-bond acceptors (Lipinski definition) is 4. The molecule has 0 radical (unpaired) electrons. The third kappa shape index (κ3) is 4.22. The van der Waals surface area contributed by atoms with E-state index >= 15 is 0 Å². The number of morpholine rings is 1. The molecule has 0 amide bonds. The van der Waals surface area contributed by atoms with Gasteiger partial charge in [-0.2, -0.15) is 0 Å². The minimum Gasteiger partial charge on any atom is -0.494 e. The van der Waals surface area contributed by atoms with Crippen LogP contribution in [0.5, 0.6) is 5.75 Å². The molecule has 0 spiro atoms. The van der Waals surface area contributed by atoms with Gasteiger partial charge in [-0.25, -0.2) is 0 Å². The van der Waals surface area contributed by atoms with E-state index in [1.165, 1.54) is 4.90 Å². The van der Waals surface area contributed by atoms with E-state index in [9.17, 15) is 0 Å². The Balaban J connectivity index is 1.77. The second-order valence-electron chi connectivity index (χ2n) is 3.94. The average Bonchev–Trinajstić information content (AvgIpc) is 2.40. The van der Waals surface area contributed by atoms with Crippen LogP contribution in [-0.4, -0.2) is 38.2 Å². The summed E-state index contributed by atoms with van der Waals surface area (Å²) in [4.78, 5) is 1.28. The molecule has 1 aliphatic heterocycles. The summed E-state index contributed by atoms with van der Waals surface area (Å²) in [5, 5.41) is 3.45. The molecule has 1 aliphatic rings. The second kappa shape index (κ2) is 6.89. The van der Waals surface area contributed by atoms with Crippen molar-refractivity contribution in [1.82, 2.24) is 5.32 Å². The van der Waals surface area contributed by atoms with Crippen LogP contribution in [0.2, 0.25) is 0 Å². The maximum Gasteiger partial charge on any atom is 0.119 e. The summed E-state index contributed by atoms with van der Waals surface area (Å²) in [6.07, 6.45) is 0. The zero-order chi connectivity index (χ0) is 11.9. The molecule has 1 atom stereocenters. The Kier molecular flexibility index (Phi) is 5.16. The van der Waals surface area contributed by atoms with Crippen LogP contribution in [-0.2, 0) is 4.74 Å². The van der Waals surface area contributed by atoms with Gasteiger partial charge in [0.2, 0.25) is 0 Å². The first-order chi connectivity index (χ1) is 8.38. The number of benzene rings is 1. The highest BCUT2D eigenvalue weighted by Gasteiger charge is 2.12. The SMILES string of the molecule is CCOc1ccc(SCC2COCCN2)cc1. The van der Waals surface area contributed by atoms with Crippen LogP contribution in [0.4, 0.5) is 0 Å². The molecule has 3 nitrogen and oxygen atoms in total. The molecule has 2 rings (SSSR count).